The topological polar surface area (TPSA) is 99.2 Å². The Balaban J connectivity index is 1.50. The summed E-state index contributed by atoms with van der Waals surface area (Å²) in [5.74, 6) is 1.51. The van der Waals surface area contributed by atoms with Crippen LogP contribution in [0.4, 0.5) is 0 Å². The summed E-state index contributed by atoms with van der Waals surface area (Å²) < 4.78 is 5.79. The molecule has 0 aliphatic rings. The van der Waals surface area contributed by atoms with Crippen molar-refractivity contribution in [3.63, 3.8) is 0 Å². The van der Waals surface area contributed by atoms with Gasteiger partial charge in [-0.15, -0.1) is 5.10 Å². The van der Waals surface area contributed by atoms with Gasteiger partial charge in [-0.05, 0) is 71.7 Å². The highest BCUT2D eigenvalue weighted by atomic mass is 16.1. The average molecular weight is 483 g/mol. The number of nitrogens with zero attached hydrogens (tertiary/aromatic N) is 7. The molecule has 0 spiro atoms. The van der Waals surface area contributed by atoms with Crippen LogP contribution in [0.5, 0.6) is 0 Å². The second-order valence-corrected chi connectivity index (χ2v) is 9.01. The minimum atomic E-state index is -0.0475. The lowest BCUT2D eigenvalue weighted by molar-refractivity contribution is 0.521. The SMILES string of the molecule is CCCc1cn(-c2cccn2C(C)CC)c(=O)n1Cc1cc(-c2cccc(-c3nnn[nH]3)c2)ccn1. The lowest BCUT2D eigenvalue weighted by atomic mass is 10.0. The molecule has 1 atom stereocenters. The third-order valence-corrected chi connectivity index (χ3v) is 6.59. The van der Waals surface area contributed by atoms with Gasteiger partial charge in [-0.25, -0.2) is 9.89 Å². The molecule has 0 fully saturated rings. The number of aryl methyl sites for hydroxylation is 1. The number of nitrogens with one attached hydrogen (secondary N) is 1. The van der Waals surface area contributed by atoms with E-state index < -0.39 is 0 Å². The molecule has 4 aromatic heterocycles. The molecular formula is C27H30N8O. The van der Waals surface area contributed by atoms with Gasteiger partial charge in [0.1, 0.15) is 5.82 Å². The molecule has 9 heteroatoms. The van der Waals surface area contributed by atoms with Crippen molar-refractivity contribution in [2.75, 3.05) is 0 Å². The van der Waals surface area contributed by atoms with E-state index in [1.807, 2.05) is 65.5 Å². The summed E-state index contributed by atoms with van der Waals surface area (Å²) in [5, 5.41) is 14.1. The van der Waals surface area contributed by atoms with Crippen molar-refractivity contribution in [1.82, 2.24) is 39.3 Å². The summed E-state index contributed by atoms with van der Waals surface area (Å²) in [6.45, 7) is 6.86. The van der Waals surface area contributed by atoms with Crippen LogP contribution in [0.2, 0.25) is 0 Å². The molecule has 0 amide bonds. The average Bonchev–Trinajstić information content (AvgIpc) is 3.67. The van der Waals surface area contributed by atoms with Crippen molar-refractivity contribution in [2.45, 2.75) is 52.6 Å². The van der Waals surface area contributed by atoms with E-state index >= 15 is 0 Å². The molecule has 0 radical (unpaired) electrons. The van der Waals surface area contributed by atoms with E-state index in [0.717, 1.165) is 53.2 Å². The number of tetrazole rings is 1. The van der Waals surface area contributed by atoms with Gasteiger partial charge in [-0.3, -0.25) is 14.1 Å². The molecule has 0 aliphatic heterocycles. The number of benzene rings is 1. The van der Waals surface area contributed by atoms with Gasteiger partial charge < -0.3 is 4.57 Å². The number of hydrogen-bond acceptors (Lipinski definition) is 5. The first kappa shape index (κ1) is 23.5. The molecule has 0 aliphatic carbocycles. The molecule has 5 rings (SSSR count). The number of hydrogen-bond donors (Lipinski definition) is 1. The van der Waals surface area contributed by atoms with Gasteiger partial charge in [-0.2, -0.15) is 0 Å². The number of pyridine rings is 1. The quantitative estimate of drug-likeness (QED) is 0.330. The fourth-order valence-corrected chi connectivity index (χ4v) is 4.51. The van der Waals surface area contributed by atoms with Crippen molar-refractivity contribution in [2.24, 2.45) is 0 Å². The van der Waals surface area contributed by atoms with Gasteiger partial charge >= 0.3 is 5.69 Å². The van der Waals surface area contributed by atoms with Crippen LogP contribution in [-0.2, 0) is 13.0 Å². The van der Waals surface area contributed by atoms with Crippen LogP contribution >= 0.6 is 0 Å². The van der Waals surface area contributed by atoms with Crippen molar-refractivity contribution in [1.29, 1.82) is 0 Å². The van der Waals surface area contributed by atoms with E-state index in [4.69, 9.17) is 0 Å². The Hall–Kier alpha value is -4.27. The van der Waals surface area contributed by atoms with E-state index in [2.05, 4.69) is 50.9 Å². The largest absolute Gasteiger partial charge is 0.334 e. The van der Waals surface area contributed by atoms with Crippen molar-refractivity contribution >= 4 is 0 Å². The Labute approximate surface area is 209 Å². The molecule has 1 unspecified atom stereocenters. The Morgan fingerprint density at radius 2 is 1.86 bits per heavy atom. The fourth-order valence-electron chi connectivity index (χ4n) is 4.51. The molecule has 0 bridgehead atoms. The number of rotatable bonds is 9. The minimum absolute atomic E-state index is 0.0475. The Kier molecular flexibility index (Phi) is 6.62. The Bertz CT molecular complexity index is 1510. The fraction of sp³-hybridized carbons (Fsp3) is 0.296. The maximum atomic E-state index is 13.6. The third kappa shape index (κ3) is 4.51. The smallest absolute Gasteiger partial charge is 0.331 e. The number of H-pyrrole nitrogens is 1. The van der Waals surface area contributed by atoms with Crippen LogP contribution in [0.15, 0.2) is 71.9 Å². The third-order valence-electron chi connectivity index (χ3n) is 6.59. The van der Waals surface area contributed by atoms with Crippen LogP contribution < -0.4 is 5.69 Å². The summed E-state index contributed by atoms with van der Waals surface area (Å²) in [5.41, 5.74) is 4.73. The highest BCUT2D eigenvalue weighted by molar-refractivity contribution is 5.70. The molecule has 0 saturated carbocycles. The first-order valence-electron chi connectivity index (χ1n) is 12.4. The van der Waals surface area contributed by atoms with Gasteiger partial charge in [0, 0.05) is 35.9 Å². The van der Waals surface area contributed by atoms with Crippen molar-refractivity contribution < 1.29 is 0 Å². The zero-order valence-corrected chi connectivity index (χ0v) is 20.8. The van der Waals surface area contributed by atoms with E-state index in [-0.39, 0.29) is 5.69 Å². The first-order chi connectivity index (χ1) is 17.6. The van der Waals surface area contributed by atoms with Gasteiger partial charge in [0.2, 0.25) is 0 Å². The van der Waals surface area contributed by atoms with Gasteiger partial charge in [0.25, 0.3) is 0 Å². The monoisotopic (exact) mass is 482 g/mol. The second-order valence-electron chi connectivity index (χ2n) is 9.01. The zero-order chi connectivity index (χ0) is 25.1. The minimum Gasteiger partial charge on any atom is -0.331 e. The van der Waals surface area contributed by atoms with Crippen LogP contribution in [0.3, 0.4) is 0 Å². The van der Waals surface area contributed by atoms with Crippen molar-refractivity contribution in [3.8, 4) is 28.3 Å². The molecular weight excluding hydrogens is 452 g/mol. The molecule has 184 valence electrons. The van der Waals surface area contributed by atoms with Crippen LogP contribution in [0.25, 0.3) is 28.3 Å². The number of imidazole rings is 1. The van der Waals surface area contributed by atoms with E-state index in [1.165, 1.54) is 0 Å². The Morgan fingerprint density at radius 3 is 2.64 bits per heavy atom. The van der Waals surface area contributed by atoms with Gasteiger partial charge in [0.05, 0.1) is 12.2 Å². The maximum absolute atomic E-state index is 13.6. The standard InChI is InChI=1S/C27H30N8O/c1-4-8-24-18-35(25-11-7-14-33(25)19(3)5-2)27(36)34(24)17-23-16-21(12-13-28-23)20-9-6-10-22(15-20)26-29-31-32-30-26/h6-7,9-16,18-19H,4-5,8,17H2,1-3H3,(H,29,30,31,32). The summed E-state index contributed by atoms with van der Waals surface area (Å²) in [7, 11) is 0. The molecule has 5 aromatic rings. The van der Waals surface area contributed by atoms with Crippen molar-refractivity contribution in [3.05, 3.63) is 89.0 Å². The lowest BCUT2D eigenvalue weighted by Gasteiger charge is -2.15. The summed E-state index contributed by atoms with van der Waals surface area (Å²) >= 11 is 0. The first-order valence-corrected chi connectivity index (χ1v) is 12.4. The van der Waals surface area contributed by atoms with Gasteiger partial charge in [0.15, 0.2) is 5.82 Å². The highest BCUT2D eigenvalue weighted by Gasteiger charge is 2.17. The summed E-state index contributed by atoms with van der Waals surface area (Å²) in [6.07, 6.45) is 8.58. The normalized spacial score (nSPS) is 12.2. The van der Waals surface area contributed by atoms with E-state index in [1.54, 1.807) is 10.8 Å². The zero-order valence-electron chi connectivity index (χ0n) is 20.8. The predicted octanol–water partition coefficient (Wildman–Crippen LogP) is 4.65. The van der Waals surface area contributed by atoms with E-state index in [9.17, 15) is 4.79 Å². The highest BCUT2D eigenvalue weighted by Crippen LogP contribution is 2.25. The Morgan fingerprint density at radius 1 is 1.03 bits per heavy atom. The van der Waals surface area contributed by atoms with Crippen LogP contribution in [0.1, 0.15) is 51.0 Å². The van der Waals surface area contributed by atoms with Crippen LogP contribution in [-0.4, -0.2) is 39.3 Å². The van der Waals surface area contributed by atoms with E-state index in [0.29, 0.717) is 18.4 Å². The molecule has 0 saturated heterocycles. The molecule has 1 N–H and O–H groups in total. The van der Waals surface area contributed by atoms with Gasteiger partial charge in [-0.1, -0.05) is 38.5 Å². The maximum Gasteiger partial charge on any atom is 0.334 e. The predicted molar refractivity (Wildman–Crippen MR) is 139 cm³/mol. The summed E-state index contributed by atoms with van der Waals surface area (Å²) in [6, 6.07) is 16.3. The molecule has 9 nitrogen and oxygen atoms in total. The number of aromatic nitrogens is 8. The second kappa shape index (κ2) is 10.2. The number of aromatic amines is 1. The molecule has 4 heterocycles. The van der Waals surface area contributed by atoms with Crippen LogP contribution in [0, 0.1) is 0 Å². The summed E-state index contributed by atoms with van der Waals surface area (Å²) in [4.78, 5) is 18.2. The molecule has 1 aromatic carbocycles. The molecule has 36 heavy (non-hydrogen) atoms. The lowest BCUT2D eigenvalue weighted by Crippen LogP contribution is -2.26.